The average molecular weight is 356 g/mol. The predicted octanol–water partition coefficient (Wildman–Crippen LogP) is 2.64. The number of hydrogen-bond donors (Lipinski definition) is 2. The second-order valence-electron chi connectivity index (χ2n) is 8.51. The highest BCUT2D eigenvalue weighted by Crippen LogP contribution is 2.60. The van der Waals surface area contributed by atoms with Gasteiger partial charge in [0.15, 0.2) is 0 Å². The largest absolute Gasteiger partial charge is 0.497 e. The summed E-state index contributed by atoms with van der Waals surface area (Å²) in [6.07, 6.45) is 7.01. The number of benzene rings is 1. The molecule has 140 valence electrons. The molecule has 4 fully saturated rings. The highest BCUT2D eigenvalue weighted by Gasteiger charge is 2.54. The maximum absolute atomic E-state index is 12.9. The molecule has 2 amide bonds. The van der Waals surface area contributed by atoms with Crippen molar-refractivity contribution in [2.45, 2.75) is 45.1 Å². The summed E-state index contributed by atoms with van der Waals surface area (Å²) in [7, 11) is 1.62. The maximum Gasteiger partial charge on any atom is 0.239 e. The summed E-state index contributed by atoms with van der Waals surface area (Å²) in [4.78, 5) is 25.0. The standard InChI is InChI=1S/C21H28N2O3/c1-26-18-4-2-3-14(8-18)12-22-19(24)13-23-20(25)21-9-15-5-16(10-21)7-17(6-15)11-21/h2-4,8,15-17H,5-7,9-13H2,1H3,(H,22,24)(H,23,25). The Kier molecular flexibility index (Phi) is 4.63. The first-order valence-corrected chi connectivity index (χ1v) is 9.74. The Labute approximate surface area is 154 Å². The van der Waals surface area contributed by atoms with Crippen LogP contribution in [-0.4, -0.2) is 25.5 Å². The molecular formula is C21H28N2O3. The van der Waals surface area contributed by atoms with Crippen LogP contribution in [0.2, 0.25) is 0 Å². The molecule has 26 heavy (non-hydrogen) atoms. The van der Waals surface area contributed by atoms with Crippen LogP contribution >= 0.6 is 0 Å². The Morgan fingerprint density at radius 3 is 2.35 bits per heavy atom. The third-order valence-electron chi connectivity index (χ3n) is 6.55. The minimum absolute atomic E-state index is 0.0601. The summed E-state index contributed by atoms with van der Waals surface area (Å²) in [5.41, 5.74) is 0.784. The molecule has 0 atom stereocenters. The number of rotatable bonds is 6. The number of carbonyl (C=O) groups is 2. The first-order chi connectivity index (χ1) is 12.6. The van der Waals surface area contributed by atoms with Crippen molar-refractivity contribution in [3.63, 3.8) is 0 Å². The lowest BCUT2D eigenvalue weighted by Gasteiger charge is -2.55. The van der Waals surface area contributed by atoms with Crippen LogP contribution < -0.4 is 15.4 Å². The minimum Gasteiger partial charge on any atom is -0.497 e. The van der Waals surface area contributed by atoms with Gasteiger partial charge in [-0.25, -0.2) is 0 Å². The van der Waals surface area contributed by atoms with E-state index >= 15 is 0 Å². The molecule has 0 aliphatic heterocycles. The van der Waals surface area contributed by atoms with Gasteiger partial charge in [-0.05, 0) is 74.0 Å². The van der Waals surface area contributed by atoms with E-state index in [1.54, 1.807) is 7.11 Å². The SMILES string of the molecule is COc1cccc(CNC(=O)CNC(=O)C23CC4CC(CC(C4)C2)C3)c1. The topological polar surface area (TPSA) is 67.4 Å². The predicted molar refractivity (Wildman–Crippen MR) is 98.5 cm³/mol. The van der Waals surface area contributed by atoms with Crippen molar-refractivity contribution in [1.82, 2.24) is 10.6 Å². The van der Waals surface area contributed by atoms with E-state index in [-0.39, 0.29) is 23.8 Å². The highest BCUT2D eigenvalue weighted by molar-refractivity contribution is 5.88. The molecule has 5 nitrogen and oxygen atoms in total. The Balaban J connectivity index is 1.27. The molecule has 4 aliphatic rings. The molecule has 0 spiro atoms. The second kappa shape index (κ2) is 6.93. The Morgan fingerprint density at radius 1 is 1.08 bits per heavy atom. The molecule has 4 aliphatic carbocycles. The molecule has 5 rings (SSSR count). The van der Waals surface area contributed by atoms with Crippen LogP contribution in [0.1, 0.15) is 44.1 Å². The van der Waals surface area contributed by atoms with Crippen molar-refractivity contribution < 1.29 is 14.3 Å². The third-order valence-corrected chi connectivity index (χ3v) is 6.55. The first-order valence-electron chi connectivity index (χ1n) is 9.74. The maximum atomic E-state index is 12.9. The van der Waals surface area contributed by atoms with Gasteiger partial charge < -0.3 is 15.4 Å². The minimum atomic E-state index is -0.193. The molecule has 0 aromatic heterocycles. The number of nitrogens with one attached hydrogen (secondary N) is 2. The van der Waals surface area contributed by atoms with Crippen LogP contribution in [0.15, 0.2) is 24.3 Å². The van der Waals surface area contributed by atoms with E-state index in [1.165, 1.54) is 19.3 Å². The van der Waals surface area contributed by atoms with E-state index < -0.39 is 0 Å². The van der Waals surface area contributed by atoms with Crippen molar-refractivity contribution in [2.75, 3.05) is 13.7 Å². The number of ether oxygens (including phenoxy) is 1. The van der Waals surface area contributed by atoms with Gasteiger partial charge in [0.25, 0.3) is 0 Å². The van der Waals surface area contributed by atoms with Crippen molar-refractivity contribution in [2.24, 2.45) is 23.2 Å². The lowest BCUT2D eigenvalue weighted by atomic mass is 9.49. The van der Waals surface area contributed by atoms with Crippen molar-refractivity contribution in [3.8, 4) is 5.75 Å². The number of hydrogen-bond acceptors (Lipinski definition) is 3. The van der Waals surface area contributed by atoms with Crippen molar-refractivity contribution >= 4 is 11.8 Å². The fourth-order valence-corrected chi connectivity index (χ4v) is 5.78. The van der Waals surface area contributed by atoms with E-state index in [9.17, 15) is 9.59 Å². The summed E-state index contributed by atoms with van der Waals surface area (Å²) in [6, 6.07) is 7.61. The van der Waals surface area contributed by atoms with E-state index in [0.717, 1.165) is 48.3 Å². The van der Waals surface area contributed by atoms with Crippen LogP contribution in [0, 0.1) is 23.2 Å². The smallest absolute Gasteiger partial charge is 0.239 e. The fourth-order valence-electron chi connectivity index (χ4n) is 5.78. The van der Waals surface area contributed by atoms with E-state index in [4.69, 9.17) is 4.74 Å². The summed E-state index contributed by atoms with van der Waals surface area (Å²) in [5, 5.41) is 5.79. The molecule has 5 heteroatoms. The summed E-state index contributed by atoms with van der Waals surface area (Å²) in [6.45, 7) is 0.494. The molecule has 2 N–H and O–H groups in total. The zero-order valence-corrected chi connectivity index (χ0v) is 15.4. The van der Waals surface area contributed by atoms with Crippen LogP contribution in [0.3, 0.4) is 0 Å². The zero-order valence-electron chi connectivity index (χ0n) is 15.4. The first kappa shape index (κ1) is 17.4. The fraction of sp³-hybridized carbons (Fsp3) is 0.619. The van der Waals surface area contributed by atoms with Gasteiger partial charge in [0.1, 0.15) is 5.75 Å². The van der Waals surface area contributed by atoms with Crippen LogP contribution in [0.5, 0.6) is 5.75 Å². The van der Waals surface area contributed by atoms with Crippen LogP contribution in [-0.2, 0) is 16.1 Å². The molecule has 1 aromatic rings. The molecule has 0 radical (unpaired) electrons. The van der Waals surface area contributed by atoms with Gasteiger partial charge in [-0.15, -0.1) is 0 Å². The number of carbonyl (C=O) groups excluding carboxylic acids is 2. The number of amides is 2. The highest BCUT2D eigenvalue weighted by atomic mass is 16.5. The van der Waals surface area contributed by atoms with E-state index in [1.807, 2.05) is 24.3 Å². The van der Waals surface area contributed by atoms with Crippen molar-refractivity contribution in [3.05, 3.63) is 29.8 Å². The van der Waals surface area contributed by atoms with Gasteiger partial charge >= 0.3 is 0 Å². The molecule has 0 heterocycles. The monoisotopic (exact) mass is 356 g/mol. The van der Waals surface area contributed by atoms with Gasteiger partial charge in [0, 0.05) is 12.0 Å². The van der Waals surface area contributed by atoms with E-state index in [2.05, 4.69) is 10.6 Å². The number of methoxy groups -OCH3 is 1. The molecule has 4 saturated carbocycles. The second-order valence-corrected chi connectivity index (χ2v) is 8.51. The van der Waals surface area contributed by atoms with Gasteiger partial charge in [0.2, 0.25) is 11.8 Å². The molecule has 1 aromatic carbocycles. The van der Waals surface area contributed by atoms with Gasteiger partial charge in [-0.2, -0.15) is 0 Å². The van der Waals surface area contributed by atoms with Gasteiger partial charge in [0.05, 0.1) is 13.7 Å². The third kappa shape index (κ3) is 3.44. The van der Waals surface area contributed by atoms with Gasteiger partial charge in [-0.1, -0.05) is 12.1 Å². The zero-order chi connectivity index (χ0) is 18.1. The lowest BCUT2D eigenvalue weighted by Crippen LogP contribution is -2.54. The lowest BCUT2D eigenvalue weighted by molar-refractivity contribution is -0.147. The summed E-state index contributed by atoms with van der Waals surface area (Å²) >= 11 is 0. The van der Waals surface area contributed by atoms with Crippen LogP contribution in [0.4, 0.5) is 0 Å². The molecule has 4 bridgehead atoms. The van der Waals surface area contributed by atoms with Crippen LogP contribution in [0.25, 0.3) is 0 Å². The summed E-state index contributed by atoms with van der Waals surface area (Å²) in [5.74, 6) is 2.92. The normalized spacial score (nSPS) is 31.5. The Morgan fingerprint density at radius 2 is 1.73 bits per heavy atom. The molecule has 0 saturated heterocycles. The van der Waals surface area contributed by atoms with Gasteiger partial charge in [-0.3, -0.25) is 9.59 Å². The van der Waals surface area contributed by atoms with E-state index in [0.29, 0.717) is 6.54 Å². The quantitative estimate of drug-likeness (QED) is 0.823. The molecular weight excluding hydrogens is 328 g/mol. The van der Waals surface area contributed by atoms with Crippen molar-refractivity contribution in [1.29, 1.82) is 0 Å². The average Bonchev–Trinajstić information content (AvgIpc) is 2.63. The Hall–Kier alpha value is -2.04. The Bertz CT molecular complexity index is 665. The summed E-state index contributed by atoms with van der Waals surface area (Å²) < 4.78 is 5.19. The molecule has 0 unspecified atom stereocenters.